The van der Waals surface area contributed by atoms with E-state index >= 15 is 0 Å². The van der Waals surface area contributed by atoms with Gasteiger partial charge in [0.2, 0.25) is 5.43 Å². The Morgan fingerprint density at radius 3 is 2.55 bits per heavy atom. The van der Waals surface area contributed by atoms with E-state index in [1.165, 1.54) is 18.3 Å². The first kappa shape index (κ1) is 14.9. The molecule has 20 heavy (non-hydrogen) atoms. The number of aryl methyl sites for hydroxylation is 1. The number of nitrogens with one attached hydrogen (secondary N) is 2. The molecule has 8 heteroatoms. The maximum Gasteiger partial charge on any atom is 0.267 e. The quantitative estimate of drug-likeness (QED) is 0.906. The van der Waals surface area contributed by atoms with Crippen molar-refractivity contribution in [3.63, 3.8) is 0 Å². The van der Waals surface area contributed by atoms with Gasteiger partial charge in [-0.3, -0.25) is 9.52 Å². The largest absolute Gasteiger partial charge is 0.366 e. The van der Waals surface area contributed by atoms with Gasteiger partial charge in [-0.25, -0.2) is 8.42 Å². The Balaban J connectivity index is 2.47. The summed E-state index contributed by atoms with van der Waals surface area (Å²) in [5, 5.41) is 0.567. The van der Waals surface area contributed by atoms with Crippen molar-refractivity contribution in [3.8, 4) is 0 Å². The van der Waals surface area contributed by atoms with Crippen LogP contribution in [0.3, 0.4) is 0 Å². The van der Waals surface area contributed by atoms with Crippen molar-refractivity contribution in [1.82, 2.24) is 4.98 Å². The lowest BCUT2D eigenvalue weighted by Gasteiger charge is -2.10. The second kappa shape index (κ2) is 5.47. The van der Waals surface area contributed by atoms with Crippen LogP contribution in [0.25, 0.3) is 0 Å². The van der Waals surface area contributed by atoms with Gasteiger partial charge in [-0.2, -0.15) is 0 Å². The number of aromatic nitrogens is 1. The lowest BCUT2D eigenvalue weighted by Crippen LogP contribution is -2.21. The topological polar surface area (TPSA) is 79.0 Å². The minimum atomic E-state index is -4.03. The number of aromatic amines is 1. The van der Waals surface area contributed by atoms with Crippen molar-refractivity contribution >= 4 is 38.9 Å². The first-order valence-electron chi connectivity index (χ1n) is 5.47. The zero-order valence-corrected chi connectivity index (χ0v) is 12.6. The summed E-state index contributed by atoms with van der Waals surface area (Å²) >= 11 is 11.9. The van der Waals surface area contributed by atoms with E-state index in [9.17, 15) is 13.2 Å². The number of hydrogen-bond acceptors (Lipinski definition) is 3. The smallest absolute Gasteiger partial charge is 0.267 e. The molecular formula is C12H10Cl2N2O3S. The highest BCUT2D eigenvalue weighted by Crippen LogP contribution is 2.30. The average Bonchev–Trinajstić information content (AvgIpc) is 2.36. The molecule has 1 aromatic carbocycles. The normalized spacial score (nSPS) is 11.3. The van der Waals surface area contributed by atoms with Crippen molar-refractivity contribution < 1.29 is 8.42 Å². The third-order valence-corrected chi connectivity index (χ3v) is 4.68. The third-order valence-electron chi connectivity index (χ3n) is 2.57. The highest BCUT2D eigenvalue weighted by molar-refractivity contribution is 7.92. The van der Waals surface area contributed by atoms with Gasteiger partial charge in [-0.1, -0.05) is 23.2 Å². The molecule has 0 aliphatic heterocycles. The van der Waals surface area contributed by atoms with E-state index in [0.29, 0.717) is 5.02 Å². The summed E-state index contributed by atoms with van der Waals surface area (Å²) in [7, 11) is -4.03. The highest BCUT2D eigenvalue weighted by Gasteiger charge is 2.19. The molecule has 1 aromatic heterocycles. The number of H-pyrrole nitrogens is 1. The molecule has 0 saturated heterocycles. The van der Waals surface area contributed by atoms with Gasteiger partial charge in [-0.15, -0.1) is 0 Å². The molecule has 2 aromatic rings. The molecule has 0 saturated carbocycles. The van der Waals surface area contributed by atoms with Gasteiger partial charge in [0.15, 0.2) is 4.90 Å². The minimum Gasteiger partial charge on any atom is -0.366 e. The van der Waals surface area contributed by atoms with Crippen molar-refractivity contribution in [2.24, 2.45) is 0 Å². The first-order valence-corrected chi connectivity index (χ1v) is 7.71. The van der Waals surface area contributed by atoms with Crippen molar-refractivity contribution in [2.45, 2.75) is 11.8 Å². The summed E-state index contributed by atoms with van der Waals surface area (Å²) in [5.41, 5.74) is 0.216. The monoisotopic (exact) mass is 332 g/mol. The van der Waals surface area contributed by atoms with Crippen molar-refractivity contribution in [3.05, 3.63) is 56.4 Å². The van der Waals surface area contributed by atoms with Crippen molar-refractivity contribution in [2.75, 3.05) is 4.72 Å². The van der Waals surface area contributed by atoms with Crippen LogP contribution < -0.4 is 10.2 Å². The average molecular weight is 333 g/mol. The number of pyridine rings is 1. The molecule has 0 aliphatic rings. The van der Waals surface area contributed by atoms with E-state index in [4.69, 9.17) is 23.2 Å². The number of hydrogen-bond donors (Lipinski definition) is 2. The van der Waals surface area contributed by atoms with Crippen LogP contribution in [0, 0.1) is 6.92 Å². The number of benzene rings is 1. The molecule has 1 heterocycles. The fourth-order valence-electron chi connectivity index (χ4n) is 1.54. The second-order valence-electron chi connectivity index (χ2n) is 4.06. The highest BCUT2D eigenvalue weighted by atomic mass is 35.5. The van der Waals surface area contributed by atoms with Gasteiger partial charge in [0.05, 0.1) is 10.7 Å². The summed E-state index contributed by atoms with van der Waals surface area (Å²) in [4.78, 5) is 13.7. The molecule has 0 radical (unpaired) electrons. The van der Waals surface area contributed by atoms with Crippen LogP contribution in [0.5, 0.6) is 0 Å². The van der Waals surface area contributed by atoms with Crippen molar-refractivity contribution in [1.29, 1.82) is 0 Å². The minimum absolute atomic E-state index is 0.116. The van der Waals surface area contributed by atoms with Gasteiger partial charge in [0.25, 0.3) is 10.0 Å². The summed E-state index contributed by atoms with van der Waals surface area (Å²) in [6.07, 6.45) is 2.45. The lowest BCUT2D eigenvalue weighted by molar-refractivity contribution is 0.600. The maximum absolute atomic E-state index is 12.1. The van der Waals surface area contributed by atoms with E-state index < -0.39 is 20.3 Å². The Kier molecular flexibility index (Phi) is 4.08. The lowest BCUT2D eigenvalue weighted by atomic mass is 10.2. The summed E-state index contributed by atoms with van der Waals surface area (Å²) in [5.74, 6) is 0. The molecule has 0 atom stereocenters. The van der Waals surface area contributed by atoms with Crippen LogP contribution in [0.15, 0.2) is 40.3 Å². The second-order valence-corrected chi connectivity index (χ2v) is 6.52. The Morgan fingerprint density at radius 1 is 1.20 bits per heavy atom. The maximum atomic E-state index is 12.1. The Hall–Kier alpha value is -1.50. The van der Waals surface area contributed by atoms with Gasteiger partial charge >= 0.3 is 0 Å². The molecule has 0 fully saturated rings. The Labute approximate surface area is 125 Å². The number of halogens is 2. The van der Waals surface area contributed by atoms with Gasteiger partial charge in [-0.05, 0) is 24.6 Å². The molecule has 0 amide bonds. The van der Waals surface area contributed by atoms with E-state index in [0.717, 1.165) is 17.8 Å². The van der Waals surface area contributed by atoms with Crippen LogP contribution in [0.1, 0.15) is 5.56 Å². The van der Waals surface area contributed by atoms with Crippen LogP contribution in [0.4, 0.5) is 5.69 Å². The summed E-state index contributed by atoms with van der Waals surface area (Å²) < 4.78 is 26.5. The van der Waals surface area contributed by atoms with Gasteiger partial charge in [0.1, 0.15) is 0 Å². The van der Waals surface area contributed by atoms with E-state index in [-0.39, 0.29) is 10.7 Å². The van der Waals surface area contributed by atoms with Crippen LogP contribution in [-0.2, 0) is 10.0 Å². The molecule has 2 N–H and O–H groups in total. The SMILES string of the molecule is Cc1cc(Cl)c(NS(=O)(=O)c2c[nH]ccc2=O)cc1Cl. The fraction of sp³-hybridized carbons (Fsp3) is 0.0833. The number of anilines is 1. The first-order chi connectivity index (χ1) is 9.31. The zero-order chi connectivity index (χ0) is 14.9. The molecule has 106 valence electrons. The molecule has 0 bridgehead atoms. The van der Waals surface area contributed by atoms with Gasteiger partial charge in [0, 0.05) is 23.5 Å². The fourth-order valence-corrected chi connectivity index (χ4v) is 3.14. The van der Waals surface area contributed by atoms with Crippen LogP contribution in [-0.4, -0.2) is 13.4 Å². The molecule has 2 rings (SSSR count). The zero-order valence-electron chi connectivity index (χ0n) is 10.3. The predicted molar refractivity (Wildman–Crippen MR) is 79.1 cm³/mol. The Morgan fingerprint density at radius 2 is 1.90 bits per heavy atom. The molecule has 0 unspecified atom stereocenters. The van der Waals surface area contributed by atoms with E-state index in [2.05, 4.69) is 9.71 Å². The Bertz CT molecular complexity index is 816. The summed E-state index contributed by atoms with van der Waals surface area (Å²) in [6.45, 7) is 1.74. The molecular weight excluding hydrogens is 323 g/mol. The number of rotatable bonds is 3. The number of sulfonamides is 1. The molecule has 0 aliphatic carbocycles. The standard InChI is InChI=1S/C12H10Cl2N2O3S/c1-7-4-9(14)10(5-8(7)13)16-20(18,19)12-6-15-3-2-11(12)17/h2-6,16H,1H3,(H,15,17). The van der Waals surface area contributed by atoms with E-state index in [1.807, 2.05) is 0 Å². The van der Waals surface area contributed by atoms with E-state index in [1.54, 1.807) is 6.92 Å². The predicted octanol–water partition coefficient (Wildman–Crippen LogP) is 2.79. The third kappa shape index (κ3) is 2.98. The summed E-state index contributed by atoms with van der Waals surface area (Å²) in [6, 6.07) is 4.06. The molecule has 5 nitrogen and oxygen atoms in total. The van der Waals surface area contributed by atoms with Crippen LogP contribution >= 0.6 is 23.2 Å². The van der Waals surface area contributed by atoms with Crippen LogP contribution in [0.2, 0.25) is 10.0 Å². The van der Waals surface area contributed by atoms with Gasteiger partial charge < -0.3 is 4.98 Å². The molecule has 0 spiro atoms.